The number of para-hydroxylation sites is 1. The maximum Gasteiger partial charge on any atom is 0.401 e. The summed E-state index contributed by atoms with van der Waals surface area (Å²) in [6.07, 6.45) is -3.78. The Hall–Kier alpha value is -1.76. The lowest BCUT2D eigenvalue weighted by molar-refractivity contribution is -0.147. The van der Waals surface area contributed by atoms with Crippen LogP contribution in [0, 0.1) is 6.92 Å². The van der Waals surface area contributed by atoms with Gasteiger partial charge in [0.2, 0.25) is 5.91 Å². The van der Waals surface area contributed by atoms with E-state index in [1.807, 2.05) is 0 Å². The Kier molecular flexibility index (Phi) is 6.02. The molecule has 7 heteroatoms. The third-order valence-corrected chi connectivity index (χ3v) is 2.88. The Morgan fingerprint density at radius 3 is 2.57 bits per heavy atom. The van der Waals surface area contributed by atoms with Gasteiger partial charge >= 0.3 is 6.18 Å². The van der Waals surface area contributed by atoms with E-state index in [0.717, 1.165) is 10.5 Å². The van der Waals surface area contributed by atoms with Crippen molar-refractivity contribution in [3.63, 3.8) is 0 Å². The minimum atomic E-state index is -4.32. The Labute approximate surface area is 122 Å². The number of hydrogen-bond acceptors (Lipinski definition) is 3. The quantitative estimate of drug-likeness (QED) is 0.795. The molecule has 0 fully saturated rings. The van der Waals surface area contributed by atoms with Crippen molar-refractivity contribution in [2.75, 3.05) is 30.7 Å². The maximum absolute atomic E-state index is 12.4. The van der Waals surface area contributed by atoms with Crippen LogP contribution >= 0.6 is 0 Å². The molecule has 3 N–H and O–H groups in total. The molecule has 0 aliphatic heterocycles. The zero-order valence-electron chi connectivity index (χ0n) is 12.1. The number of nitrogens with zero attached hydrogens (tertiary/aromatic N) is 1. The molecular formula is C14H20F3N3O. The van der Waals surface area contributed by atoms with Gasteiger partial charge in [-0.15, -0.1) is 0 Å². The van der Waals surface area contributed by atoms with E-state index in [4.69, 9.17) is 5.73 Å². The first kappa shape index (κ1) is 17.3. The van der Waals surface area contributed by atoms with Crippen LogP contribution in [0.25, 0.3) is 0 Å². The number of halogens is 3. The molecule has 21 heavy (non-hydrogen) atoms. The second-order valence-corrected chi connectivity index (χ2v) is 4.91. The number of alkyl halides is 3. The summed E-state index contributed by atoms with van der Waals surface area (Å²) in [7, 11) is 0. The lowest BCUT2D eigenvalue weighted by atomic mass is 10.1. The number of anilines is 2. The molecule has 0 bridgehead atoms. The van der Waals surface area contributed by atoms with Crippen molar-refractivity contribution in [3.8, 4) is 0 Å². The zero-order valence-corrected chi connectivity index (χ0v) is 12.1. The molecule has 1 aromatic carbocycles. The number of nitrogens with two attached hydrogens (primary N) is 1. The van der Waals surface area contributed by atoms with Crippen molar-refractivity contribution in [2.45, 2.75) is 26.4 Å². The summed E-state index contributed by atoms with van der Waals surface area (Å²) in [6.45, 7) is 2.32. The van der Waals surface area contributed by atoms with Crippen LogP contribution < -0.4 is 11.1 Å². The highest BCUT2D eigenvalue weighted by molar-refractivity contribution is 5.96. The molecule has 0 saturated carbocycles. The van der Waals surface area contributed by atoms with Crippen molar-refractivity contribution in [1.82, 2.24) is 4.90 Å². The molecule has 0 aromatic heterocycles. The van der Waals surface area contributed by atoms with Crippen LogP contribution in [0.3, 0.4) is 0 Å². The normalized spacial score (nSPS) is 11.7. The number of aryl methyl sites for hydroxylation is 1. The number of rotatable bonds is 6. The lowest BCUT2D eigenvalue weighted by Crippen LogP contribution is -2.40. The van der Waals surface area contributed by atoms with Gasteiger partial charge in [0, 0.05) is 0 Å². The molecule has 0 spiro atoms. The van der Waals surface area contributed by atoms with Crippen molar-refractivity contribution in [3.05, 3.63) is 23.8 Å². The zero-order chi connectivity index (χ0) is 16.0. The third kappa shape index (κ3) is 6.03. The highest BCUT2D eigenvalue weighted by Gasteiger charge is 2.31. The van der Waals surface area contributed by atoms with Crippen molar-refractivity contribution in [2.24, 2.45) is 0 Å². The number of amides is 1. The van der Waals surface area contributed by atoms with Crippen LogP contribution in [-0.2, 0) is 4.79 Å². The van der Waals surface area contributed by atoms with Gasteiger partial charge in [-0.3, -0.25) is 9.69 Å². The summed E-state index contributed by atoms with van der Waals surface area (Å²) in [6, 6.07) is 5.14. The highest BCUT2D eigenvalue weighted by Crippen LogP contribution is 2.22. The molecule has 0 saturated heterocycles. The van der Waals surface area contributed by atoms with Gasteiger partial charge in [0.15, 0.2) is 0 Å². The molecule has 0 heterocycles. The van der Waals surface area contributed by atoms with Gasteiger partial charge in [0.1, 0.15) is 0 Å². The highest BCUT2D eigenvalue weighted by atomic mass is 19.4. The number of carbonyl (C=O) groups excluding carboxylic acids is 1. The van der Waals surface area contributed by atoms with Gasteiger partial charge < -0.3 is 11.1 Å². The summed E-state index contributed by atoms with van der Waals surface area (Å²) < 4.78 is 37.3. The van der Waals surface area contributed by atoms with Gasteiger partial charge in [0.05, 0.1) is 24.5 Å². The van der Waals surface area contributed by atoms with E-state index in [2.05, 4.69) is 5.32 Å². The summed E-state index contributed by atoms with van der Waals surface area (Å²) in [5, 5.41) is 2.58. The first-order valence-corrected chi connectivity index (χ1v) is 6.67. The predicted molar refractivity (Wildman–Crippen MR) is 77.0 cm³/mol. The smallest absolute Gasteiger partial charge is 0.397 e. The van der Waals surface area contributed by atoms with E-state index in [1.165, 1.54) is 0 Å². The monoisotopic (exact) mass is 303 g/mol. The van der Waals surface area contributed by atoms with Gasteiger partial charge in [0.25, 0.3) is 0 Å². The summed E-state index contributed by atoms with van der Waals surface area (Å²) >= 11 is 0. The molecular weight excluding hydrogens is 283 g/mol. The number of carbonyl (C=O) groups is 1. The van der Waals surface area contributed by atoms with Crippen LogP contribution in [0.1, 0.15) is 18.9 Å². The molecule has 0 unspecified atom stereocenters. The molecule has 4 nitrogen and oxygen atoms in total. The SMILES string of the molecule is CCCN(CC(=O)Nc1c(C)cccc1N)CC(F)(F)F. The van der Waals surface area contributed by atoms with E-state index in [9.17, 15) is 18.0 Å². The predicted octanol–water partition coefficient (Wildman–Crippen LogP) is 2.79. The van der Waals surface area contributed by atoms with E-state index >= 15 is 0 Å². The van der Waals surface area contributed by atoms with E-state index in [1.54, 1.807) is 32.0 Å². The van der Waals surface area contributed by atoms with Crippen LogP contribution in [-0.4, -0.2) is 36.6 Å². The van der Waals surface area contributed by atoms with Crippen molar-refractivity contribution < 1.29 is 18.0 Å². The van der Waals surface area contributed by atoms with Crippen molar-refractivity contribution >= 4 is 17.3 Å². The molecule has 1 rings (SSSR count). The third-order valence-electron chi connectivity index (χ3n) is 2.88. The summed E-state index contributed by atoms with van der Waals surface area (Å²) in [5.74, 6) is -0.506. The van der Waals surface area contributed by atoms with Crippen LogP contribution in [0.15, 0.2) is 18.2 Å². The van der Waals surface area contributed by atoms with Gasteiger partial charge in [-0.1, -0.05) is 19.1 Å². The topological polar surface area (TPSA) is 58.4 Å². The fourth-order valence-corrected chi connectivity index (χ4v) is 2.03. The lowest BCUT2D eigenvalue weighted by Gasteiger charge is -2.22. The Balaban J connectivity index is 2.70. The standard InChI is InChI=1S/C14H20F3N3O/c1-3-7-20(9-14(15,16)17)8-12(21)19-13-10(2)5-4-6-11(13)18/h4-6H,3,7-9,18H2,1-2H3,(H,19,21). The fourth-order valence-electron chi connectivity index (χ4n) is 2.03. The van der Waals surface area contributed by atoms with Crippen LogP contribution in [0.5, 0.6) is 0 Å². The van der Waals surface area contributed by atoms with Gasteiger partial charge in [-0.2, -0.15) is 13.2 Å². The fraction of sp³-hybridized carbons (Fsp3) is 0.500. The Bertz CT molecular complexity index is 469. The number of hydrogen-bond donors (Lipinski definition) is 2. The van der Waals surface area contributed by atoms with Gasteiger partial charge in [-0.05, 0) is 31.5 Å². The second kappa shape index (κ2) is 7.31. The average Bonchev–Trinajstić information content (AvgIpc) is 2.32. The van der Waals surface area contributed by atoms with E-state index < -0.39 is 18.6 Å². The molecule has 1 amide bonds. The molecule has 0 aliphatic carbocycles. The minimum Gasteiger partial charge on any atom is -0.397 e. The number of nitrogens with one attached hydrogen (secondary N) is 1. The molecule has 118 valence electrons. The van der Waals surface area contributed by atoms with E-state index in [-0.39, 0.29) is 13.1 Å². The molecule has 0 aliphatic rings. The molecule has 0 radical (unpaired) electrons. The first-order valence-electron chi connectivity index (χ1n) is 6.67. The number of nitrogen functional groups attached to an aromatic ring is 1. The average molecular weight is 303 g/mol. The molecule has 1 aromatic rings. The number of benzene rings is 1. The maximum atomic E-state index is 12.4. The summed E-state index contributed by atoms with van der Waals surface area (Å²) in [5.41, 5.74) is 7.36. The Morgan fingerprint density at radius 1 is 1.38 bits per heavy atom. The van der Waals surface area contributed by atoms with Crippen LogP contribution in [0.4, 0.5) is 24.5 Å². The first-order chi connectivity index (χ1) is 9.73. The largest absolute Gasteiger partial charge is 0.401 e. The second-order valence-electron chi connectivity index (χ2n) is 4.91. The summed E-state index contributed by atoms with van der Waals surface area (Å²) in [4.78, 5) is 13.0. The minimum absolute atomic E-state index is 0.205. The molecule has 0 atom stereocenters. The van der Waals surface area contributed by atoms with Gasteiger partial charge in [-0.25, -0.2) is 0 Å². The Morgan fingerprint density at radius 2 is 2.05 bits per heavy atom. The van der Waals surface area contributed by atoms with Crippen molar-refractivity contribution in [1.29, 1.82) is 0 Å². The van der Waals surface area contributed by atoms with Crippen LogP contribution in [0.2, 0.25) is 0 Å². The van der Waals surface area contributed by atoms with E-state index in [0.29, 0.717) is 17.8 Å².